The fraction of sp³-hybridized carbons (Fsp3) is 0.643. The largest absolute Gasteiger partial charge is 0.480 e. The van der Waals surface area contributed by atoms with Gasteiger partial charge in [0.25, 0.3) is 0 Å². The lowest BCUT2D eigenvalue weighted by atomic mass is 9.90. The maximum Gasteiger partial charge on any atom is 0.326 e. The van der Waals surface area contributed by atoms with Gasteiger partial charge in [-0.05, 0) is 25.8 Å². The number of hydrogen-bond donors (Lipinski definition) is 3. The summed E-state index contributed by atoms with van der Waals surface area (Å²) in [5.74, 6) is -1.07. The summed E-state index contributed by atoms with van der Waals surface area (Å²) in [7, 11) is 0. The Labute approximate surface area is 122 Å². The third kappa shape index (κ3) is 2.21. The third-order valence-electron chi connectivity index (χ3n) is 4.70. The Balaban J connectivity index is 1.92. The van der Waals surface area contributed by atoms with Gasteiger partial charge in [0.05, 0.1) is 29.8 Å². The first-order chi connectivity index (χ1) is 10.1. The number of carbonyl (C=O) groups is 2. The summed E-state index contributed by atoms with van der Waals surface area (Å²) >= 11 is 0. The molecule has 0 saturated carbocycles. The molecule has 0 radical (unpaired) electrons. The van der Waals surface area contributed by atoms with Gasteiger partial charge in [-0.25, -0.2) is 9.78 Å². The van der Waals surface area contributed by atoms with Crippen LogP contribution in [0.5, 0.6) is 0 Å². The van der Waals surface area contributed by atoms with Crippen LogP contribution in [-0.4, -0.2) is 50.0 Å². The Hall–Kier alpha value is -1.89. The van der Waals surface area contributed by atoms with Crippen molar-refractivity contribution >= 4 is 11.9 Å². The van der Waals surface area contributed by atoms with Crippen molar-refractivity contribution in [1.29, 1.82) is 0 Å². The van der Waals surface area contributed by atoms with Gasteiger partial charge < -0.3 is 20.3 Å². The Morgan fingerprint density at radius 3 is 3.00 bits per heavy atom. The quantitative estimate of drug-likeness (QED) is 0.743. The van der Waals surface area contributed by atoms with Crippen molar-refractivity contribution in [1.82, 2.24) is 20.2 Å². The summed E-state index contributed by atoms with van der Waals surface area (Å²) in [6.07, 6.45) is 4.20. The highest BCUT2D eigenvalue weighted by atomic mass is 16.4. The predicted octanol–water partition coefficient (Wildman–Crippen LogP) is 0.280. The second-order valence-corrected chi connectivity index (χ2v) is 5.78. The first-order valence-electron chi connectivity index (χ1n) is 7.37. The van der Waals surface area contributed by atoms with E-state index in [1.807, 2.05) is 6.92 Å². The van der Waals surface area contributed by atoms with Gasteiger partial charge >= 0.3 is 5.97 Å². The molecule has 0 aliphatic carbocycles. The van der Waals surface area contributed by atoms with Gasteiger partial charge in [0.2, 0.25) is 5.91 Å². The van der Waals surface area contributed by atoms with E-state index in [1.165, 1.54) is 4.90 Å². The molecule has 0 spiro atoms. The number of imidazole rings is 1. The SMILES string of the molecule is CCC1(C(=O)N2Cc3[nH]cnc3CC2C(=O)O)CCCN1. The number of carboxylic acids is 1. The molecular formula is C14H20N4O3. The maximum atomic E-state index is 13.0. The number of nitrogens with zero attached hydrogens (tertiary/aromatic N) is 2. The summed E-state index contributed by atoms with van der Waals surface area (Å²) in [4.78, 5) is 33.2. The zero-order chi connectivity index (χ0) is 15.0. The number of nitrogens with one attached hydrogen (secondary N) is 2. The molecule has 7 heteroatoms. The summed E-state index contributed by atoms with van der Waals surface area (Å²) < 4.78 is 0. The molecule has 1 aromatic rings. The van der Waals surface area contributed by atoms with Gasteiger partial charge in [0, 0.05) is 6.42 Å². The van der Waals surface area contributed by atoms with Crippen molar-refractivity contribution in [3.05, 3.63) is 17.7 Å². The minimum Gasteiger partial charge on any atom is -0.480 e. The van der Waals surface area contributed by atoms with Crippen LogP contribution in [0.2, 0.25) is 0 Å². The zero-order valence-corrected chi connectivity index (χ0v) is 12.1. The van der Waals surface area contributed by atoms with E-state index < -0.39 is 17.6 Å². The number of carboxylic acid groups (broad SMARTS) is 1. The van der Waals surface area contributed by atoms with E-state index >= 15 is 0 Å². The van der Waals surface area contributed by atoms with E-state index in [4.69, 9.17) is 0 Å². The molecule has 114 valence electrons. The molecular weight excluding hydrogens is 272 g/mol. The Morgan fingerprint density at radius 2 is 2.38 bits per heavy atom. The maximum absolute atomic E-state index is 13.0. The molecule has 0 bridgehead atoms. The molecule has 1 aromatic heterocycles. The average Bonchev–Trinajstić information content (AvgIpc) is 3.14. The molecule has 2 aliphatic heterocycles. The number of fused-ring (bicyclic) bond motifs is 1. The average molecular weight is 292 g/mol. The molecule has 2 unspecified atom stereocenters. The fourth-order valence-corrected chi connectivity index (χ4v) is 3.39. The summed E-state index contributed by atoms with van der Waals surface area (Å²) in [6, 6.07) is -0.834. The molecule has 7 nitrogen and oxygen atoms in total. The number of carbonyl (C=O) groups excluding carboxylic acids is 1. The van der Waals surface area contributed by atoms with E-state index in [2.05, 4.69) is 15.3 Å². The van der Waals surface area contributed by atoms with Gasteiger partial charge in [-0.15, -0.1) is 0 Å². The number of aromatic amines is 1. The zero-order valence-electron chi connectivity index (χ0n) is 12.1. The van der Waals surface area contributed by atoms with Crippen molar-refractivity contribution in [3.8, 4) is 0 Å². The first-order valence-corrected chi connectivity index (χ1v) is 7.37. The number of hydrogen-bond acceptors (Lipinski definition) is 4. The number of H-pyrrole nitrogens is 1. The Kier molecular flexibility index (Phi) is 3.44. The molecule has 21 heavy (non-hydrogen) atoms. The lowest BCUT2D eigenvalue weighted by Gasteiger charge is -2.39. The minimum absolute atomic E-state index is 0.102. The number of aliphatic carboxylic acids is 1. The number of aromatic nitrogens is 2. The highest BCUT2D eigenvalue weighted by Crippen LogP contribution is 2.30. The van der Waals surface area contributed by atoms with E-state index in [1.54, 1.807) is 6.33 Å². The van der Waals surface area contributed by atoms with Crippen molar-refractivity contribution in [2.45, 2.75) is 50.7 Å². The van der Waals surface area contributed by atoms with Gasteiger partial charge in [-0.2, -0.15) is 0 Å². The molecule has 1 saturated heterocycles. The van der Waals surface area contributed by atoms with Crippen molar-refractivity contribution in [3.63, 3.8) is 0 Å². The van der Waals surface area contributed by atoms with E-state index in [-0.39, 0.29) is 18.9 Å². The van der Waals surface area contributed by atoms with Crippen molar-refractivity contribution in [2.75, 3.05) is 6.54 Å². The molecule has 1 amide bonds. The molecule has 0 aromatic carbocycles. The van der Waals surface area contributed by atoms with Crippen LogP contribution in [0, 0.1) is 0 Å². The van der Waals surface area contributed by atoms with Gasteiger partial charge in [-0.3, -0.25) is 4.79 Å². The Morgan fingerprint density at radius 1 is 1.57 bits per heavy atom. The topological polar surface area (TPSA) is 98.3 Å². The molecule has 2 aliphatic rings. The van der Waals surface area contributed by atoms with Crippen LogP contribution in [0.1, 0.15) is 37.6 Å². The molecule has 2 atom stereocenters. The number of rotatable bonds is 3. The molecule has 1 fully saturated rings. The summed E-state index contributed by atoms with van der Waals surface area (Å²) in [6.45, 7) is 3.06. The van der Waals surface area contributed by atoms with Gasteiger partial charge in [0.15, 0.2) is 0 Å². The minimum atomic E-state index is -0.971. The second-order valence-electron chi connectivity index (χ2n) is 5.78. The normalized spacial score (nSPS) is 28.4. The van der Waals surface area contributed by atoms with Crippen molar-refractivity contribution < 1.29 is 14.7 Å². The highest BCUT2D eigenvalue weighted by Gasteiger charge is 2.46. The summed E-state index contributed by atoms with van der Waals surface area (Å²) in [5, 5.41) is 12.8. The van der Waals surface area contributed by atoms with Crippen LogP contribution < -0.4 is 5.32 Å². The lowest BCUT2D eigenvalue weighted by Crippen LogP contribution is -2.59. The van der Waals surface area contributed by atoms with Gasteiger partial charge in [-0.1, -0.05) is 6.92 Å². The summed E-state index contributed by atoms with van der Waals surface area (Å²) in [5.41, 5.74) is 0.979. The van der Waals surface area contributed by atoms with Crippen LogP contribution in [-0.2, 0) is 22.6 Å². The smallest absolute Gasteiger partial charge is 0.326 e. The first kappa shape index (κ1) is 14.1. The standard InChI is InChI=1S/C14H20N4O3/c1-2-14(4-3-5-17-14)13(21)18-7-10-9(15-8-16-10)6-11(18)12(19)20/h8,11,17H,2-7H2,1H3,(H,15,16)(H,19,20). The van der Waals surface area contributed by atoms with E-state index in [9.17, 15) is 14.7 Å². The highest BCUT2D eigenvalue weighted by molar-refractivity contribution is 5.91. The van der Waals surface area contributed by atoms with E-state index in [0.29, 0.717) is 6.42 Å². The van der Waals surface area contributed by atoms with Crippen LogP contribution in [0.25, 0.3) is 0 Å². The van der Waals surface area contributed by atoms with Crippen LogP contribution in [0.4, 0.5) is 0 Å². The van der Waals surface area contributed by atoms with Crippen LogP contribution in [0.15, 0.2) is 6.33 Å². The van der Waals surface area contributed by atoms with E-state index in [0.717, 1.165) is 30.8 Å². The van der Waals surface area contributed by atoms with Crippen LogP contribution in [0.3, 0.4) is 0 Å². The monoisotopic (exact) mass is 292 g/mol. The lowest BCUT2D eigenvalue weighted by molar-refractivity contribution is -0.154. The molecule has 3 heterocycles. The van der Waals surface area contributed by atoms with Crippen molar-refractivity contribution in [2.24, 2.45) is 0 Å². The fourth-order valence-electron chi connectivity index (χ4n) is 3.39. The number of amides is 1. The van der Waals surface area contributed by atoms with Gasteiger partial charge in [0.1, 0.15) is 6.04 Å². The third-order valence-corrected chi connectivity index (χ3v) is 4.70. The Bertz CT molecular complexity index is 562. The molecule has 3 rings (SSSR count). The molecule has 3 N–H and O–H groups in total. The predicted molar refractivity (Wildman–Crippen MR) is 74.5 cm³/mol. The van der Waals surface area contributed by atoms with Crippen LogP contribution >= 0.6 is 0 Å². The second kappa shape index (κ2) is 5.14.